The summed E-state index contributed by atoms with van der Waals surface area (Å²) in [5.41, 5.74) is 0. The number of quaternary nitrogens is 1. The van der Waals surface area contributed by atoms with Crippen LogP contribution >= 0.6 is 0 Å². The molecule has 0 heterocycles. The van der Waals surface area contributed by atoms with E-state index in [4.69, 9.17) is 18.9 Å². The molecule has 0 spiro atoms. The van der Waals surface area contributed by atoms with Crippen molar-refractivity contribution in [1.29, 1.82) is 0 Å². The maximum absolute atomic E-state index is 13.0. The smallest absolute Gasteiger partial charge is 0.361 e. The van der Waals surface area contributed by atoms with Crippen LogP contribution in [0.25, 0.3) is 0 Å². The Morgan fingerprint density at radius 1 is 0.306 bits per heavy atom. The summed E-state index contributed by atoms with van der Waals surface area (Å²) in [6.45, 7) is 4.98. The first-order valence-corrected chi connectivity index (χ1v) is 38.2. The summed E-state index contributed by atoms with van der Waals surface area (Å²) in [4.78, 5) is 37.7. The van der Waals surface area contributed by atoms with Gasteiger partial charge in [0, 0.05) is 12.8 Å². The highest BCUT2D eigenvalue weighted by atomic mass is 16.7. The first kappa shape index (κ1) is 83.3. The lowest BCUT2D eigenvalue weighted by Gasteiger charge is -2.25. The van der Waals surface area contributed by atoms with Crippen molar-refractivity contribution in [3.8, 4) is 0 Å². The first-order chi connectivity index (χ1) is 41.6. The lowest BCUT2D eigenvalue weighted by molar-refractivity contribution is -0.870. The third-order valence-corrected chi connectivity index (χ3v) is 17.9. The minimum absolute atomic E-state index is 0.172. The van der Waals surface area contributed by atoms with Crippen LogP contribution in [-0.2, 0) is 33.3 Å². The van der Waals surface area contributed by atoms with Gasteiger partial charge in [0.25, 0.3) is 6.29 Å². The van der Waals surface area contributed by atoms with E-state index in [2.05, 4.69) is 13.8 Å². The second-order valence-electron chi connectivity index (χ2n) is 27.7. The molecular weight excluding hydrogens is 1050 g/mol. The van der Waals surface area contributed by atoms with E-state index in [0.717, 1.165) is 38.5 Å². The summed E-state index contributed by atoms with van der Waals surface area (Å²) in [7, 11) is 6.00. The summed E-state index contributed by atoms with van der Waals surface area (Å²) in [5, 5.41) is 9.76. The minimum Gasteiger partial charge on any atom is -0.477 e. The highest BCUT2D eigenvalue weighted by Crippen LogP contribution is 2.20. The molecule has 506 valence electrons. The summed E-state index contributed by atoms with van der Waals surface area (Å²) in [5.74, 6) is -1.96. The van der Waals surface area contributed by atoms with Crippen LogP contribution in [0, 0.1) is 0 Å². The number of carboxylic acids is 1. The maximum atomic E-state index is 13.0. The number of esters is 2. The first-order valence-electron chi connectivity index (χ1n) is 38.2. The molecule has 0 amide bonds. The largest absolute Gasteiger partial charge is 0.477 e. The summed E-state index contributed by atoms with van der Waals surface area (Å²) in [6, 6.07) is 0. The Bertz CT molecular complexity index is 1350. The third-order valence-electron chi connectivity index (χ3n) is 17.9. The predicted molar refractivity (Wildman–Crippen MR) is 365 cm³/mol. The van der Waals surface area contributed by atoms with E-state index < -0.39 is 18.4 Å². The van der Waals surface area contributed by atoms with E-state index in [9.17, 15) is 19.5 Å². The molecule has 2 unspecified atom stereocenters. The Morgan fingerprint density at radius 3 is 0.753 bits per heavy atom. The summed E-state index contributed by atoms with van der Waals surface area (Å²) < 4.78 is 23.0. The van der Waals surface area contributed by atoms with Gasteiger partial charge in [-0.1, -0.05) is 386 Å². The molecule has 0 aromatic carbocycles. The Kier molecular flexibility index (Phi) is 66.8. The molecule has 0 aromatic heterocycles. The molecule has 0 aromatic rings. The Morgan fingerprint density at radius 2 is 0.529 bits per heavy atom. The van der Waals surface area contributed by atoms with Crippen molar-refractivity contribution in [2.45, 2.75) is 424 Å². The topological polar surface area (TPSA) is 108 Å². The lowest BCUT2D eigenvalue weighted by Crippen LogP contribution is -2.40. The Balaban J connectivity index is 3.96. The van der Waals surface area contributed by atoms with Crippen LogP contribution in [0.1, 0.15) is 412 Å². The summed E-state index contributed by atoms with van der Waals surface area (Å²) >= 11 is 0. The number of rotatable bonds is 73. The molecule has 0 radical (unpaired) electrons. The van der Waals surface area contributed by atoms with Gasteiger partial charge in [-0.05, 0) is 12.8 Å². The van der Waals surface area contributed by atoms with Gasteiger partial charge in [0.15, 0.2) is 6.10 Å². The zero-order valence-electron chi connectivity index (χ0n) is 58.1. The van der Waals surface area contributed by atoms with E-state index in [1.807, 2.05) is 21.1 Å². The van der Waals surface area contributed by atoms with Gasteiger partial charge in [-0.3, -0.25) is 9.59 Å². The maximum Gasteiger partial charge on any atom is 0.361 e. The zero-order chi connectivity index (χ0) is 61.9. The van der Waals surface area contributed by atoms with Gasteiger partial charge in [-0.2, -0.15) is 0 Å². The molecule has 0 saturated heterocycles. The molecule has 0 bridgehead atoms. The van der Waals surface area contributed by atoms with E-state index in [1.54, 1.807) is 0 Å². The van der Waals surface area contributed by atoms with Crippen molar-refractivity contribution in [3.05, 3.63) is 0 Å². The second-order valence-corrected chi connectivity index (χ2v) is 27.7. The quantitative estimate of drug-likeness (QED) is 0.0278. The predicted octanol–water partition coefficient (Wildman–Crippen LogP) is 23.8. The normalized spacial score (nSPS) is 12.5. The van der Waals surface area contributed by atoms with Crippen LogP contribution in [0.2, 0.25) is 0 Å². The highest BCUT2D eigenvalue weighted by molar-refractivity contribution is 5.71. The average molecular weight is 1210 g/mol. The van der Waals surface area contributed by atoms with Gasteiger partial charge in [-0.25, -0.2) is 4.79 Å². The fraction of sp³-hybridized carbons (Fsp3) is 0.961. The van der Waals surface area contributed by atoms with Gasteiger partial charge < -0.3 is 28.5 Å². The second kappa shape index (κ2) is 68.2. The Labute approximate surface area is 530 Å². The number of unbranched alkanes of at least 4 members (excludes halogenated alkanes) is 58. The molecule has 0 fully saturated rings. The van der Waals surface area contributed by atoms with Gasteiger partial charge in [-0.15, -0.1) is 0 Å². The number of ether oxygens (including phenoxy) is 4. The number of hydrogen-bond acceptors (Lipinski definition) is 7. The average Bonchev–Trinajstić information content (AvgIpc) is 3.48. The van der Waals surface area contributed by atoms with Crippen molar-refractivity contribution >= 4 is 17.9 Å². The lowest BCUT2D eigenvalue weighted by atomic mass is 10.0. The van der Waals surface area contributed by atoms with Crippen molar-refractivity contribution in [1.82, 2.24) is 0 Å². The molecule has 85 heavy (non-hydrogen) atoms. The SMILES string of the molecule is CCCCCCCCCCCCCCCCCCCCCCCCCCCCCCCCCCCCCC(=O)OC(COC(=O)CCCCCCCCCCCCCCCCCCCCCCCCCCC)COC(OCC[N+](C)(C)C)C(=O)O. The van der Waals surface area contributed by atoms with Crippen LogP contribution in [0.5, 0.6) is 0 Å². The van der Waals surface area contributed by atoms with E-state index in [0.29, 0.717) is 17.4 Å². The number of carbonyl (C=O) groups is 3. The van der Waals surface area contributed by atoms with Crippen molar-refractivity contribution in [2.75, 3.05) is 47.5 Å². The van der Waals surface area contributed by atoms with Crippen LogP contribution in [0.4, 0.5) is 0 Å². The molecule has 0 rings (SSSR count). The number of nitrogens with zero attached hydrogens (tertiary/aromatic N) is 1. The van der Waals surface area contributed by atoms with Gasteiger partial charge in [0.2, 0.25) is 0 Å². The van der Waals surface area contributed by atoms with Crippen LogP contribution < -0.4 is 0 Å². The number of hydrogen-bond donors (Lipinski definition) is 1. The van der Waals surface area contributed by atoms with E-state index in [1.165, 1.54) is 347 Å². The molecule has 9 heteroatoms. The standard InChI is InChI=1S/C76H149NO8/c1-6-8-10-12-14-16-18-20-22-24-26-28-30-32-33-34-35-36-37-38-39-40-41-43-45-47-49-51-53-55-57-59-61-63-65-67-74(79)85-72(71-84-76(75(80)81)82-69-68-77(3,4)5)70-83-73(78)66-64-62-60-58-56-54-52-50-48-46-44-42-31-29-27-25-23-21-19-17-15-13-11-9-7-2/h72,76H,6-71H2,1-5H3/p+1. The molecule has 0 aliphatic carbocycles. The number of likely N-dealkylation sites (N-methyl/N-ethyl adjacent to an activating group) is 1. The molecule has 9 nitrogen and oxygen atoms in total. The highest BCUT2D eigenvalue weighted by Gasteiger charge is 2.25. The minimum atomic E-state index is -1.50. The Hall–Kier alpha value is -1.71. The van der Waals surface area contributed by atoms with Crippen molar-refractivity contribution < 1.29 is 42.9 Å². The zero-order valence-corrected chi connectivity index (χ0v) is 58.1. The third kappa shape index (κ3) is 69.6. The molecule has 0 aliphatic heterocycles. The van der Waals surface area contributed by atoms with E-state index in [-0.39, 0.29) is 38.2 Å². The molecule has 0 saturated carbocycles. The van der Waals surface area contributed by atoms with Crippen LogP contribution in [0.3, 0.4) is 0 Å². The summed E-state index contributed by atoms with van der Waals surface area (Å²) in [6.07, 6.45) is 79.7. The van der Waals surface area contributed by atoms with Crippen molar-refractivity contribution in [2.24, 2.45) is 0 Å². The molecule has 1 N–H and O–H groups in total. The fourth-order valence-corrected chi connectivity index (χ4v) is 12.0. The monoisotopic (exact) mass is 1210 g/mol. The fourth-order valence-electron chi connectivity index (χ4n) is 12.0. The number of carboxylic acid groups (broad SMARTS) is 1. The van der Waals surface area contributed by atoms with Gasteiger partial charge >= 0.3 is 17.9 Å². The van der Waals surface area contributed by atoms with Gasteiger partial charge in [0.05, 0.1) is 34.4 Å². The van der Waals surface area contributed by atoms with Gasteiger partial charge in [0.1, 0.15) is 13.2 Å². The number of aliphatic carboxylic acids is 1. The molecule has 0 aliphatic rings. The van der Waals surface area contributed by atoms with E-state index >= 15 is 0 Å². The molecule has 2 atom stereocenters. The van der Waals surface area contributed by atoms with Crippen LogP contribution in [-0.4, -0.2) is 87.4 Å². The number of carbonyl (C=O) groups excluding carboxylic acids is 2. The van der Waals surface area contributed by atoms with Crippen LogP contribution in [0.15, 0.2) is 0 Å². The van der Waals surface area contributed by atoms with Crippen molar-refractivity contribution in [3.63, 3.8) is 0 Å². The molecular formula is C76H150NO8+.